The Morgan fingerprint density at radius 3 is 2.78 bits per heavy atom. The predicted molar refractivity (Wildman–Crippen MR) is 88.4 cm³/mol. The molecular formula is C18H23N3O2. The molecule has 2 heterocycles. The van der Waals surface area contributed by atoms with Gasteiger partial charge in [0, 0.05) is 30.2 Å². The number of pyridine rings is 1. The quantitative estimate of drug-likeness (QED) is 0.889. The fraction of sp³-hybridized carbons (Fsp3) is 0.444. The van der Waals surface area contributed by atoms with E-state index in [4.69, 9.17) is 0 Å². The summed E-state index contributed by atoms with van der Waals surface area (Å²) in [6.45, 7) is 5.07. The van der Waals surface area contributed by atoms with Crippen molar-refractivity contribution in [3.05, 3.63) is 53.1 Å². The lowest BCUT2D eigenvalue weighted by Gasteiger charge is -2.21. The van der Waals surface area contributed by atoms with E-state index in [2.05, 4.69) is 9.55 Å². The van der Waals surface area contributed by atoms with E-state index in [1.54, 1.807) is 6.20 Å². The van der Waals surface area contributed by atoms with Crippen LogP contribution < -0.4 is 0 Å². The Morgan fingerprint density at radius 2 is 2.17 bits per heavy atom. The minimum absolute atomic E-state index is 0.00884. The third-order valence-corrected chi connectivity index (χ3v) is 4.44. The number of aryl methyl sites for hydroxylation is 1. The number of aliphatic hydroxyl groups excluding tert-OH is 1. The van der Waals surface area contributed by atoms with Crippen molar-refractivity contribution in [3.63, 3.8) is 0 Å². The maximum absolute atomic E-state index is 12.8. The molecule has 3 rings (SSSR count). The van der Waals surface area contributed by atoms with Crippen LogP contribution in [0.5, 0.6) is 0 Å². The standard InChI is InChI=1S/C18H23N3O2/c1-13-11-17(18(23)20(9-10-22)16-6-7-16)14(2)21(13)12-15-5-3-4-8-19-15/h3-5,8,11,16,22H,6-7,9-10,12H2,1-2H3. The molecule has 0 unspecified atom stereocenters. The van der Waals surface area contributed by atoms with Gasteiger partial charge in [-0.3, -0.25) is 9.78 Å². The normalized spacial score (nSPS) is 14.0. The summed E-state index contributed by atoms with van der Waals surface area (Å²) in [5, 5.41) is 9.23. The van der Waals surface area contributed by atoms with Gasteiger partial charge in [0.05, 0.1) is 24.4 Å². The third-order valence-electron chi connectivity index (χ3n) is 4.44. The van der Waals surface area contributed by atoms with Crippen molar-refractivity contribution >= 4 is 5.91 Å². The number of nitrogens with zero attached hydrogens (tertiary/aromatic N) is 3. The molecule has 0 atom stereocenters. The summed E-state index contributed by atoms with van der Waals surface area (Å²) in [7, 11) is 0. The van der Waals surface area contributed by atoms with Gasteiger partial charge in [-0.15, -0.1) is 0 Å². The van der Waals surface area contributed by atoms with Crippen LogP contribution in [0.1, 0.15) is 40.3 Å². The number of aromatic nitrogens is 2. The molecule has 0 spiro atoms. The Labute approximate surface area is 136 Å². The van der Waals surface area contributed by atoms with E-state index in [9.17, 15) is 9.90 Å². The molecule has 0 aromatic carbocycles. The monoisotopic (exact) mass is 313 g/mol. The smallest absolute Gasteiger partial charge is 0.256 e. The second-order valence-electron chi connectivity index (χ2n) is 6.15. The van der Waals surface area contributed by atoms with Crippen molar-refractivity contribution in [2.75, 3.05) is 13.2 Å². The lowest BCUT2D eigenvalue weighted by molar-refractivity contribution is 0.0707. The van der Waals surface area contributed by atoms with E-state index >= 15 is 0 Å². The van der Waals surface area contributed by atoms with E-state index in [1.165, 1.54) is 0 Å². The maximum atomic E-state index is 12.8. The summed E-state index contributed by atoms with van der Waals surface area (Å²) in [5.41, 5.74) is 3.72. The minimum atomic E-state index is 0.00884. The molecule has 2 aromatic heterocycles. The zero-order chi connectivity index (χ0) is 16.4. The molecule has 0 bridgehead atoms. The van der Waals surface area contributed by atoms with Crippen LogP contribution in [0.4, 0.5) is 0 Å². The minimum Gasteiger partial charge on any atom is -0.395 e. The van der Waals surface area contributed by atoms with Crippen molar-refractivity contribution < 1.29 is 9.90 Å². The maximum Gasteiger partial charge on any atom is 0.256 e. The topological polar surface area (TPSA) is 58.4 Å². The SMILES string of the molecule is Cc1cc(C(=O)N(CCO)C2CC2)c(C)n1Cc1ccccn1. The molecule has 5 heteroatoms. The summed E-state index contributed by atoms with van der Waals surface area (Å²) in [6, 6.07) is 8.11. The summed E-state index contributed by atoms with van der Waals surface area (Å²) in [6.07, 6.45) is 3.86. The van der Waals surface area contributed by atoms with Crippen molar-refractivity contribution in [1.82, 2.24) is 14.5 Å². The van der Waals surface area contributed by atoms with Crippen LogP contribution in [0.15, 0.2) is 30.5 Å². The number of hydrogen-bond acceptors (Lipinski definition) is 3. The first kappa shape index (κ1) is 15.7. The molecule has 1 aliphatic carbocycles. The molecule has 0 aliphatic heterocycles. The number of hydrogen-bond donors (Lipinski definition) is 1. The second-order valence-corrected chi connectivity index (χ2v) is 6.15. The fourth-order valence-corrected chi connectivity index (χ4v) is 3.01. The van der Waals surface area contributed by atoms with Crippen LogP contribution >= 0.6 is 0 Å². The van der Waals surface area contributed by atoms with E-state index in [-0.39, 0.29) is 12.5 Å². The average Bonchev–Trinajstić information content (AvgIpc) is 3.35. The van der Waals surface area contributed by atoms with E-state index < -0.39 is 0 Å². The van der Waals surface area contributed by atoms with Gasteiger partial charge in [0.15, 0.2) is 0 Å². The van der Waals surface area contributed by atoms with Crippen LogP contribution in [0.25, 0.3) is 0 Å². The van der Waals surface area contributed by atoms with Gasteiger partial charge in [-0.1, -0.05) is 6.07 Å². The largest absolute Gasteiger partial charge is 0.395 e. The van der Waals surface area contributed by atoms with Gasteiger partial charge in [0.2, 0.25) is 0 Å². The lowest BCUT2D eigenvalue weighted by atomic mass is 10.2. The van der Waals surface area contributed by atoms with Gasteiger partial charge in [-0.05, 0) is 44.9 Å². The van der Waals surface area contributed by atoms with Crippen LogP contribution in [0, 0.1) is 13.8 Å². The zero-order valence-corrected chi connectivity index (χ0v) is 13.7. The molecule has 1 aliphatic rings. The molecule has 122 valence electrons. The Hall–Kier alpha value is -2.14. The van der Waals surface area contributed by atoms with Gasteiger partial charge in [0.1, 0.15) is 0 Å². The highest BCUT2D eigenvalue weighted by atomic mass is 16.3. The highest BCUT2D eigenvalue weighted by molar-refractivity contribution is 5.96. The van der Waals surface area contributed by atoms with Gasteiger partial charge in [0.25, 0.3) is 5.91 Å². The first-order valence-electron chi connectivity index (χ1n) is 8.10. The molecule has 1 saturated carbocycles. The summed E-state index contributed by atoms with van der Waals surface area (Å²) in [5.74, 6) is 0.0296. The summed E-state index contributed by atoms with van der Waals surface area (Å²) in [4.78, 5) is 19.0. The van der Waals surface area contributed by atoms with Crippen LogP contribution in [0.2, 0.25) is 0 Å². The van der Waals surface area contributed by atoms with E-state index in [0.29, 0.717) is 19.1 Å². The van der Waals surface area contributed by atoms with Crippen LogP contribution in [0.3, 0.4) is 0 Å². The third kappa shape index (κ3) is 3.29. The number of rotatable bonds is 6. The molecule has 1 amide bonds. The summed E-state index contributed by atoms with van der Waals surface area (Å²) >= 11 is 0. The number of carbonyl (C=O) groups is 1. The first-order chi connectivity index (χ1) is 11.1. The van der Waals surface area contributed by atoms with Crippen LogP contribution in [-0.4, -0.2) is 44.7 Å². The highest BCUT2D eigenvalue weighted by Crippen LogP contribution is 2.29. The highest BCUT2D eigenvalue weighted by Gasteiger charge is 2.33. The van der Waals surface area contributed by atoms with Gasteiger partial charge in [-0.25, -0.2) is 0 Å². The zero-order valence-electron chi connectivity index (χ0n) is 13.7. The predicted octanol–water partition coefficient (Wildman–Crippen LogP) is 2.15. The molecule has 2 aromatic rings. The van der Waals surface area contributed by atoms with Crippen molar-refractivity contribution in [3.8, 4) is 0 Å². The van der Waals surface area contributed by atoms with Gasteiger partial charge < -0.3 is 14.6 Å². The molecule has 5 nitrogen and oxygen atoms in total. The Balaban J connectivity index is 1.86. The lowest BCUT2D eigenvalue weighted by Crippen LogP contribution is -2.35. The van der Waals surface area contributed by atoms with Gasteiger partial charge >= 0.3 is 0 Å². The second kappa shape index (κ2) is 6.54. The fourth-order valence-electron chi connectivity index (χ4n) is 3.01. The number of amides is 1. The van der Waals surface area contributed by atoms with E-state index in [1.807, 2.05) is 43.0 Å². The Kier molecular flexibility index (Phi) is 4.48. The van der Waals surface area contributed by atoms with E-state index in [0.717, 1.165) is 35.5 Å². The first-order valence-corrected chi connectivity index (χ1v) is 8.10. The average molecular weight is 313 g/mol. The summed E-state index contributed by atoms with van der Waals surface area (Å²) < 4.78 is 2.12. The molecule has 1 fully saturated rings. The Morgan fingerprint density at radius 1 is 1.39 bits per heavy atom. The van der Waals surface area contributed by atoms with Gasteiger partial charge in [-0.2, -0.15) is 0 Å². The molecule has 0 saturated heterocycles. The van der Waals surface area contributed by atoms with Crippen molar-refractivity contribution in [1.29, 1.82) is 0 Å². The molecule has 0 radical (unpaired) electrons. The molecule has 1 N–H and O–H groups in total. The molecule has 23 heavy (non-hydrogen) atoms. The molecular weight excluding hydrogens is 290 g/mol. The number of carbonyl (C=O) groups excluding carboxylic acids is 1. The van der Waals surface area contributed by atoms with Crippen molar-refractivity contribution in [2.45, 2.75) is 39.3 Å². The van der Waals surface area contributed by atoms with Crippen LogP contribution in [-0.2, 0) is 6.54 Å². The van der Waals surface area contributed by atoms with Crippen molar-refractivity contribution in [2.24, 2.45) is 0 Å². The Bertz CT molecular complexity index is 690. The number of aliphatic hydroxyl groups is 1.